The van der Waals surface area contributed by atoms with Crippen LogP contribution in [-0.2, 0) is 0 Å². The molecule has 0 aromatic heterocycles. The van der Waals surface area contributed by atoms with E-state index in [4.69, 9.17) is 0 Å². The van der Waals surface area contributed by atoms with Crippen LogP contribution in [0.15, 0.2) is 36.4 Å². The zero-order valence-electron chi connectivity index (χ0n) is 18.2. The first kappa shape index (κ1) is 22.7. The number of amides is 1. The molecule has 2 aliphatic heterocycles. The molecule has 2 aromatic carbocycles. The summed E-state index contributed by atoms with van der Waals surface area (Å²) in [5.74, 6) is -1.03. The summed E-state index contributed by atoms with van der Waals surface area (Å²) in [6.45, 7) is 3.70. The van der Waals surface area contributed by atoms with Gasteiger partial charge in [0.05, 0.1) is 28.0 Å². The summed E-state index contributed by atoms with van der Waals surface area (Å²) < 4.78 is 14.5. The summed E-state index contributed by atoms with van der Waals surface area (Å²) >= 11 is 0. The van der Waals surface area contributed by atoms with E-state index in [-0.39, 0.29) is 22.9 Å². The van der Waals surface area contributed by atoms with Crippen LogP contribution < -0.4 is 9.80 Å². The Kier molecular flexibility index (Phi) is 6.28. The predicted octanol–water partition coefficient (Wildman–Crippen LogP) is 2.47. The molecule has 0 spiro atoms. The maximum atomic E-state index is 14.5. The largest absolute Gasteiger partial charge is 0.391 e. The number of anilines is 2. The number of ketones is 1. The number of halogens is 1. The number of Topliss-reactive ketones (excluding diaryl/α,β-unsaturated/α-hetero) is 1. The Hall–Kier alpha value is -3.53. The predicted molar refractivity (Wildman–Crippen MR) is 120 cm³/mol. The molecule has 9 nitrogen and oxygen atoms in total. The molecule has 33 heavy (non-hydrogen) atoms. The van der Waals surface area contributed by atoms with Crippen LogP contribution in [0.25, 0.3) is 0 Å². The summed E-state index contributed by atoms with van der Waals surface area (Å²) in [6.07, 6.45) is 0.0630. The van der Waals surface area contributed by atoms with Gasteiger partial charge in [0.15, 0.2) is 5.78 Å². The molecule has 2 heterocycles. The molecule has 2 fully saturated rings. The number of nitro benzene ring substituents is 1. The van der Waals surface area contributed by atoms with Crippen molar-refractivity contribution in [1.29, 1.82) is 0 Å². The Morgan fingerprint density at radius 2 is 1.73 bits per heavy atom. The van der Waals surface area contributed by atoms with Crippen LogP contribution in [0.3, 0.4) is 0 Å². The number of rotatable bonds is 5. The minimum atomic E-state index is -0.537. The van der Waals surface area contributed by atoms with Gasteiger partial charge in [0.2, 0.25) is 0 Å². The minimum Gasteiger partial charge on any atom is -0.391 e. The van der Waals surface area contributed by atoms with Gasteiger partial charge in [0.25, 0.3) is 11.6 Å². The van der Waals surface area contributed by atoms with Crippen molar-refractivity contribution in [3.05, 3.63) is 63.5 Å². The lowest BCUT2D eigenvalue weighted by Gasteiger charge is -2.36. The fourth-order valence-electron chi connectivity index (χ4n) is 4.35. The monoisotopic (exact) mass is 456 g/mol. The van der Waals surface area contributed by atoms with E-state index in [2.05, 4.69) is 0 Å². The molecular weight excluding hydrogens is 431 g/mol. The lowest BCUT2D eigenvalue weighted by atomic mass is 10.1. The van der Waals surface area contributed by atoms with Crippen molar-refractivity contribution >= 4 is 28.8 Å². The number of carbonyl (C=O) groups excluding carboxylic acids is 2. The van der Waals surface area contributed by atoms with Crippen LogP contribution in [0.4, 0.5) is 21.5 Å². The SMILES string of the molecule is CC(=O)c1ccc(N2CCN(C(=O)c3cc([N+](=O)[O-])ccc3N3CCC(O)C3)CC2)c(F)c1. The third kappa shape index (κ3) is 4.65. The van der Waals surface area contributed by atoms with E-state index in [1.54, 1.807) is 23.1 Å². The molecule has 2 aromatic rings. The van der Waals surface area contributed by atoms with Crippen LogP contribution in [0.5, 0.6) is 0 Å². The highest BCUT2D eigenvalue weighted by molar-refractivity contribution is 6.00. The normalized spacial score (nSPS) is 18.5. The highest BCUT2D eigenvalue weighted by Crippen LogP contribution is 2.30. The highest BCUT2D eigenvalue weighted by Gasteiger charge is 2.30. The Morgan fingerprint density at radius 1 is 1.03 bits per heavy atom. The quantitative estimate of drug-likeness (QED) is 0.418. The first-order chi connectivity index (χ1) is 15.7. The molecule has 1 N–H and O–H groups in total. The minimum absolute atomic E-state index is 0.173. The van der Waals surface area contributed by atoms with Crippen LogP contribution in [0, 0.1) is 15.9 Å². The zero-order valence-corrected chi connectivity index (χ0v) is 18.2. The van der Waals surface area contributed by atoms with Crippen LogP contribution in [0.2, 0.25) is 0 Å². The summed E-state index contributed by atoms with van der Waals surface area (Å²) in [7, 11) is 0. The van der Waals surface area contributed by atoms with Crippen molar-refractivity contribution in [3.63, 3.8) is 0 Å². The molecule has 0 bridgehead atoms. The molecule has 0 saturated carbocycles. The second kappa shape index (κ2) is 9.14. The van der Waals surface area contributed by atoms with Gasteiger partial charge in [-0.25, -0.2) is 4.39 Å². The van der Waals surface area contributed by atoms with E-state index in [1.165, 1.54) is 25.1 Å². The number of non-ortho nitro benzene ring substituents is 1. The third-order valence-corrected chi connectivity index (χ3v) is 6.19. The van der Waals surface area contributed by atoms with E-state index in [0.29, 0.717) is 62.6 Å². The van der Waals surface area contributed by atoms with Crippen molar-refractivity contribution in [3.8, 4) is 0 Å². The number of hydrogen-bond acceptors (Lipinski definition) is 7. The molecule has 1 unspecified atom stereocenters. The number of carbonyl (C=O) groups is 2. The van der Waals surface area contributed by atoms with Crippen molar-refractivity contribution in [1.82, 2.24) is 4.90 Å². The van der Waals surface area contributed by atoms with Crippen molar-refractivity contribution in [2.45, 2.75) is 19.4 Å². The number of aliphatic hydroxyl groups is 1. The molecule has 2 aliphatic rings. The van der Waals surface area contributed by atoms with Gasteiger partial charge in [-0.15, -0.1) is 0 Å². The molecule has 1 amide bonds. The number of nitrogens with zero attached hydrogens (tertiary/aromatic N) is 4. The fourth-order valence-corrected chi connectivity index (χ4v) is 4.35. The first-order valence-electron chi connectivity index (χ1n) is 10.8. The second-order valence-electron chi connectivity index (χ2n) is 8.35. The standard InChI is InChI=1S/C23H25FN4O5/c1-15(29)16-2-4-22(20(24)12-16)25-8-10-26(11-9-25)23(31)19-13-17(28(32)33)3-5-21(19)27-7-6-18(30)14-27/h2-5,12-13,18,30H,6-11,14H2,1H3. The van der Waals surface area contributed by atoms with Crippen molar-refractivity contribution in [2.24, 2.45) is 0 Å². The lowest BCUT2D eigenvalue weighted by Crippen LogP contribution is -2.49. The first-order valence-corrected chi connectivity index (χ1v) is 10.8. The van der Waals surface area contributed by atoms with Crippen LogP contribution >= 0.6 is 0 Å². The van der Waals surface area contributed by atoms with E-state index < -0.39 is 16.8 Å². The molecule has 1 atom stereocenters. The summed E-state index contributed by atoms with van der Waals surface area (Å²) in [5, 5.41) is 21.2. The van der Waals surface area contributed by atoms with E-state index in [1.807, 2.05) is 9.80 Å². The van der Waals surface area contributed by atoms with E-state index >= 15 is 0 Å². The Bertz CT molecular complexity index is 1100. The van der Waals surface area contributed by atoms with Gasteiger partial charge in [-0.2, -0.15) is 0 Å². The van der Waals surface area contributed by atoms with Gasteiger partial charge in [-0.05, 0) is 37.6 Å². The number of hydrogen-bond donors (Lipinski definition) is 1. The van der Waals surface area contributed by atoms with Gasteiger partial charge in [0.1, 0.15) is 5.82 Å². The number of β-amino-alcohol motifs (C(OH)–C–C–N with tert-alkyl or cyclic N) is 1. The van der Waals surface area contributed by atoms with Crippen LogP contribution in [0.1, 0.15) is 34.1 Å². The van der Waals surface area contributed by atoms with Gasteiger partial charge in [-0.1, -0.05) is 0 Å². The molecule has 174 valence electrons. The van der Waals surface area contributed by atoms with Crippen LogP contribution in [-0.4, -0.2) is 72.0 Å². The summed E-state index contributed by atoms with van der Waals surface area (Å²) in [6, 6.07) is 8.58. The lowest BCUT2D eigenvalue weighted by molar-refractivity contribution is -0.384. The third-order valence-electron chi connectivity index (χ3n) is 6.19. The zero-order chi connectivity index (χ0) is 23.7. The Balaban J connectivity index is 1.52. The summed E-state index contributed by atoms with van der Waals surface area (Å²) in [5.41, 5.74) is 1.29. The second-order valence-corrected chi connectivity index (χ2v) is 8.35. The molecule has 4 rings (SSSR count). The summed E-state index contributed by atoms with van der Waals surface area (Å²) in [4.78, 5) is 40.9. The topological polar surface area (TPSA) is 107 Å². The average molecular weight is 456 g/mol. The Morgan fingerprint density at radius 3 is 2.30 bits per heavy atom. The molecule has 0 aliphatic carbocycles. The van der Waals surface area contributed by atoms with Gasteiger partial charge >= 0.3 is 0 Å². The van der Waals surface area contributed by atoms with Crippen molar-refractivity contribution in [2.75, 3.05) is 49.1 Å². The molecule has 10 heteroatoms. The Labute approximate surface area is 190 Å². The highest BCUT2D eigenvalue weighted by atomic mass is 19.1. The number of nitro groups is 1. The molecule has 0 radical (unpaired) electrons. The maximum absolute atomic E-state index is 14.5. The number of benzene rings is 2. The maximum Gasteiger partial charge on any atom is 0.270 e. The fraction of sp³-hybridized carbons (Fsp3) is 0.391. The van der Waals surface area contributed by atoms with E-state index in [9.17, 15) is 29.2 Å². The molecular formula is C23H25FN4O5. The number of aliphatic hydroxyl groups excluding tert-OH is 1. The number of piperazine rings is 1. The smallest absolute Gasteiger partial charge is 0.270 e. The average Bonchev–Trinajstić information content (AvgIpc) is 3.24. The van der Waals surface area contributed by atoms with E-state index in [0.717, 1.165) is 0 Å². The molecule has 2 saturated heterocycles. The van der Waals surface area contributed by atoms with Gasteiger partial charge < -0.3 is 19.8 Å². The van der Waals surface area contributed by atoms with Gasteiger partial charge in [-0.3, -0.25) is 19.7 Å². The van der Waals surface area contributed by atoms with Crippen molar-refractivity contribution < 1.29 is 24.0 Å². The van der Waals surface area contributed by atoms with Gasteiger partial charge in [0, 0.05) is 57.0 Å².